The van der Waals surface area contributed by atoms with E-state index in [0.29, 0.717) is 17.7 Å². The van der Waals surface area contributed by atoms with Gasteiger partial charge in [0.15, 0.2) is 0 Å². The predicted octanol–water partition coefficient (Wildman–Crippen LogP) is 5.01. The number of esters is 2. The smallest absolute Gasteiger partial charge is 0.338 e. The first-order chi connectivity index (χ1) is 12.0. The van der Waals surface area contributed by atoms with Gasteiger partial charge in [0.1, 0.15) is 5.75 Å². The Morgan fingerprint density at radius 3 is 2.00 bits per heavy atom. The van der Waals surface area contributed by atoms with Gasteiger partial charge < -0.3 is 9.47 Å². The van der Waals surface area contributed by atoms with Crippen LogP contribution in [0, 0.1) is 0 Å². The minimum atomic E-state index is -0.306. The Kier molecular flexibility index (Phi) is 6.75. The van der Waals surface area contributed by atoms with Gasteiger partial charge in [0.25, 0.3) is 0 Å². The first-order valence-corrected chi connectivity index (χ1v) is 8.65. The van der Waals surface area contributed by atoms with Crippen molar-refractivity contribution in [3.8, 4) is 16.9 Å². The van der Waals surface area contributed by atoms with Crippen LogP contribution in [0.2, 0.25) is 0 Å². The van der Waals surface area contributed by atoms with Gasteiger partial charge >= 0.3 is 11.9 Å². The van der Waals surface area contributed by atoms with Crippen molar-refractivity contribution in [2.24, 2.45) is 0 Å². The zero-order valence-electron chi connectivity index (χ0n) is 15.0. The third kappa shape index (κ3) is 5.45. The number of hydrogen-bond acceptors (Lipinski definition) is 4. The molecule has 2 rings (SSSR count). The molecule has 0 fully saturated rings. The second-order valence-corrected chi connectivity index (χ2v) is 5.95. The lowest BCUT2D eigenvalue weighted by Gasteiger charge is -2.11. The quantitative estimate of drug-likeness (QED) is 0.525. The van der Waals surface area contributed by atoms with Gasteiger partial charge in [-0.2, -0.15) is 0 Å². The van der Waals surface area contributed by atoms with E-state index in [1.165, 1.54) is 0 Å². The maximum Gasteiger partial charge on any atom is 0.338 e. The van der Waals surface area contributed by atoms with Crippen molar-refractivity contribution in [3.05, 3.63) is 54.1 Å². The Balaban J connectivity index is 2.04. The van der Waals surface area contributed by atoms with Gasteiger partial charge in [-0.05, 0) is 55.2 Å². The van der Waals surface area contributed by atoms with Crippen molar-refractivity contribution < 1.29 is 19.1 Å². The van der Waals surface area contributed by atoms with Crippen LogP contribution in [0.15, 0.2) is 48.5 Å². The SMILES string of the molecule is CCCC(=O)Oc1ccc(-c2ccc(C(=O)OC(C)CC)cc2)cc1. The maximum atomic E-state index is 12.0. The molecule has 0 heterocycles. The second kappa shape index (κ2) is 9.02. The average molecular weight is 340 g/mol. The van der Waals surface area contributed by atoms with E-state index >= 15 is 0 Å². The minimum absolute atomic E-state index is 0.0878. The Morgan fingerprint density at radius 2 is 1.48 bits per heavy atom. The zero-order chi connectivity index (χ0) is 18.2. The van der Waals surface area contributed by atoms with Crippen molar-refractivity contribution in [3.63, 3.8) is 0 Å². The molecule has 0 aliphatic heterocycles. The van der Waals surface area contributed by atoms with Gasteiger partial charge in [0.2, 0.25) is 0 Å². The van der Waals surface area contributed by atoms with E-state index in [1.807, 2.05) is 45.0 Å². The Bertz CT molecular complexity index is 702. The fraction of sp³-hybridized carbons (Fsp3) is 0.333. The highest BCUT2D eigenvalue weighted by Gasteiger charge is 2.11. The summed E-state index contributed by atoms with van der Waals surface area (Å²) >= 11 is 0. The largest absolute Gasteiger partial charge is 0.459 e. The Labute approximate surface area is 148 Å². The van der Waals surface area contributed by atoms with Crippen molar-refractivity contribution >= 4 is 11.9 Å². The molecule has 2 aromatic rings. The topological polar surface area (TPSA) is 52.6 Å². The number of rotatable bonds is 7. The summed E-state index contributed by atoms with van der Waals surface area (Å²) in [5, 5.41) is 0. The first-order valence-electron chi connectivity index (χ1n) is 8.65. The second-order valence-electron chi connectivity index (χ2n) is 5.95. The summed E-state index contributed by atoms with van der Waals surface area (Å²) in [5.74, 6) is 0.00876. The molecule has 0 aliphatic rings. The maximum absolute atomic E-state index is 12.0. The molecule has 0 spiro atoms. The van der Waals surface area contributed by atoms with Crippen LogP contribution < -0.4 is 4.74 Å². The lowest BCUT2D eigenvalue weighted by molar-refractivity contribution is -0.134. The van der Waals surface area contributed by atoms with Gasteiger partial charge in [-0.25, -0.2) is 4.79 Å². The zero-order valence-corrected chi connectivity index (χ0v) is 15.0. The molecular weight excluding hydrogens is 316 g/mol. The molecule has 0 aromatic heterocycles. The van der Waals surface area contributed by atoms with Gasteiger partial charge in [0.05, 0.1) is 11.7 Å². The molecular formula is C21H24O4. The summed E-state index contributed by atoms with van der Waals surface area (Å²) in [6.45, 7) is 5.79. The molecule has 132 valence electrons. The van der Waals surface area contributed by atoms with E-state index in [9.17, 15) is 9.59 Å². The Morgan fingerprint density at radius 1 is 0.920 bits per heavy atom. The number of benzene rings is 2. The minimum Gasteiger partial charge on any atom is -0.459 e. The lowest BCUT2D eigenvalue weighted by atomic mass is 10.0. The van der Waals surface area contributed by atoms with E-state index in [0.717, 1.165) is 24.0 Å². The summed E-state index contributed by atoms with van der Waals surface area (Å²) in [6.07, 6.45) is 1.88. The highest BCUT2D eigenvalue weighted by Crippen LogP contribution is 2.23. The van der Waals surface area contributed by atoms with Crippen LogP contribution in [-0.4, -0.2) is 18.0 Å². The number of ether oxygens (including phenoxy) is 2. The van der Waals surface area contributed by atoms with E-state index in [4.69, 9.17) is 9.47 Å². The molecule has 4 heteroatoms. The third-order valence-corrected chi connectivity index (χ3v) is 3.88. The van der Waals surface area contributed by atoms with Crippen molar-refractivity contribution in [2.75, 3.05) is 0 Å². The fourth-order valence-corrected chi connectivity index (χ4v) is 2.23. The third-order valence-electron chi connectivity index (χ3n) is 3.88. The molecule has 4 nitrogen and oxygen atoms in total. The summed E-state index contributed by atoms with van der Waals surface area (Å²) in [7, 11) is 0. The molecule has 0 N–H and O–H groups in total. The van der Waals surface area contributed by atoms with Crippen LogP contribution in [0.4, 0.5) is 0 Å². The molecule has 0 bridgehead atoms. The number of carbonyl (C=O) groups excluding carboxylic acids is 2. The molecule has 0 amide bonds. The van der Waals surface area contributed by atoms with Crippen LogP contribution in [0.5, 0.6) is 5.75 Å². The van der Waals surface area contributed by atoms with E-state index in [-0.39, 0.29) is 18.0 Å². The van der Waals surface area contributed by atoms with Gasteiger partial charge in [-0.3, -0.25) is 4.79 Å². The predicted molar refractivity (Wildman–Crippen MR) is 97.6 cm³/mol. The molecule has 1 unspecified atom stereocenters. The van der Waals surface area contributed by atoms with Crippen LogP contribution in [0.25, 0.3) is 11.1 Å². The van der Waals surface area contributed by atoms with Crippen LogP contribution in [-0.2, 0) is 9.53 Å². The van der Waals surface area contributed by atoms with E-state index < -0.39 is 0 Å². The summed E-state index contributed by atoms with van der Waals surface area (Å²) in [4.78, 5) is 23.5. The fourth-order valence-electron chi connectivity index (χ4n) is 2.23. The Hall–Kier alpha value is -2.62. The number of carbonyl (C=O) groups is 2. The van der Waals surface area contributed by atoms with Crippen LogP contribution in [0.3, 0.4) is 0 Å². The molecule has 2 aromatic carbocycles. The molecule has 0 saturated carbocycles. The molecule has 0 aliphatic carbocycles. The highest BCUT2D eigenvalue weighted by molar-refractivity contribution is 5.90. The van der Waals surface area contributed by atoms with Crippen molar-refractivity contribution in [1.82, 2.24) is 0 Å². The van der Waals surface area contributed by atoms with Crippen LogP contribution in [0.1, 0.15) is 50.4 Å². The normalized spacial score (nSPS) is 11.6. The number of hydrogen-bond donors (Lipinski definition) is 0. The first kappa shape index (κ1) is 18.7. The van der Waals surface area contributed by atoms with Gasteiger partial charge in [0, 0.05) is 6.42 Å². The molecule has 0 saturated heterocycles. The standard InChI is InChI=1S/C21H24O4/c1-4-6-20(22)25-19-13-11-17(12-14-19)16-7-9-18(10-8-16)21(23)24-15(3)5-2/h7-15H,4-6H2,1-3H3. The molecule has 0 radical (unpaired) electrons. The average Bonchev–Trinajstić information content (AvgIpc) is 2.62. The molecule has 25 heavy (non-hydrogen) atoms. The van der Waals surface area contributed by atoms with Gasteiger partial charge in [-0.15, -0.1) is 0 Å². The van der Waals surface area contributed by atoms with Crippen molar-refractivity contribution in [2.45, 2.75) is 46.1 Å². The summed E-state index contributed by atoms with van der Waals surface area (Å²) in [5.41, 5.74) is 2.50. The van der Waals surface area contributed by atoms with E-state index in [1.54, 1.807) is 24.3 Å². The van der Waals surface area contributed by atoms with Crippen molar-refractivity contribution in [1.29, 1.82) is 0 Å². The van der Waals surface area contributed by atoms with Crippen LogP contribution >= 0.6 is 0 Å². The summed E-state index contributed by atoms with van der Waals surface area (Å²) in [6, 6.07) is 14.6. The molecule has 1 atom stereocenters. The lowest BCUT2D eigenvalue weighted by Crippen LogP contribution is -2.13. The highest BCUT2D eigenvalue weighted by atomic mass is 16.5. The van der Waals surface area contributed by atoms with E-state index in [2.05, 4.69) is 0 Å². The monoisotopic (exact) mass is 340 g/mol. The summed E-state index contributed by atoms with van der Waals surface area (Å²) < 4.78 is 10.6. The van der Waals surface area contributed by atoms with Gasteiger partial charge in [-0.1, -0.05) is 38.1 Å².